The SMILES string of the molecule is CCCC(C(=O)OCC)C(=O)c1ccc(F)c(C)c1. The molecule has 1 rings (SSSR count). The third kappa shape index (κ3) is 3.88. The molecule has 1 unspecified atom stereocenters. The Bertz CT molecular complexity index is 468. The minimum atomic E-state index is -0.796. The van der Waals surface area contributed by atoms with Crippen molar-refractivity contribution in [3.8, 4) is 0 Å². The molecule has 0 aliphatic carbocycles. The zero-order chi connectivity index (χ0) is 14.4. The van der Waals surface area contributed by atoms with Gasteiger partial charge in [-0.2, -0.15) is 0 Å². The highest BCUT2D eigenvalue weighted by molar-refractivity contribution is 6.08. The van der Waals surface area contributed by atoms with Crippen molar-refractivity contribution < 1.29 is 18.7 Å². The van der Waals surface area contributed by atoms with E-state index < -0.39 is 11.9 Å². The summed E-state index contributed by atoms with van der Waals surface area (Å²) >= 11 is 0. The van der Waals surface area contributed by atoms with Crippen molar-refractivity contribution in [1.29, 1.82) is 0 Å². The lowest BCUT2D eigenvalue weighted by Crippen LogP contribution is -2.26. The molecule has 0 radical (unpaired) electrons. The van der Waals surface area contributed by atoms with Gasteiger partial charge in [-0.05, 0) is 44.0 Å². The van der Waals surface area contributed by atoms with Crippen LogP contribution in [0.5, 0.6) is 0 Å². The highest BCUT2D eigenvalue weighted by Crippen LogP contribution is 2.18. The predicted molar refractivity (Wildman–Crippen MR) is 70.5 cm³/mol. The Morgan fingerprint density at radius 3 is 2.53 bits per heavy atom. The summed E-state index contributed by atoms with van der Waals surface area (Å²) in [6.07, 6.45) is 1.14. The van der Waals surface area contributed by atoms with Crippen LogP contribution in [0.2, 0.25) is 0 Å². The van der Waals surface area contributed by atoms with Gasteiger partial charge in [-0.25, -0.2) is 4.39 Å². The first-order valence-corrected chi connectivity index (χ1v) is 6.48. The Hall–Kier alpha value is -1.71. The molecule has 19 heavy (non-hydrogen) atoms. The summed E-state index contributed by atoms with van der Waals surface area (Å²) in [5.74, 6) is -1.96. The molecular formula is C15H19FO3. The van der Waals surface area contributed by atoms with E-state index in [2.05, 4.69) is 0 Å². The number of rotatable bonds is 6. The number of ketones is 1. The molecule has 1 aromatic carbocycles. The molecule has 0 heterocycles. The van der Waals surface area contributed by atoms with Gasteiger partial charge in [-0.15, -0.1) is 0 Å². The summed E-state index contributed by atoms with van der Waals surface area (Å²) in [5.41, 5.74) is 0.746. The maximum absolute atomic E-state index is 13.2. The summed E-state index contributed by atoms with van der Waals surface area (Å²) < 4.78 is 18.1. The molecule has 0 saturated carbocycles. The van der Waals surface area contributed by atoms with Crippen molar-refractivity contribution in [2.75, 3.05) is 6.61 Å². The standard InChI is InChI=1S/C15H19FO3/c1-4-6-12(15(18)19-5-2)14(17)11-7-8-13(16)10(3)9-11/h7-9,12H,4-6H2,1-3H3. The van der Waals surface area contributed by atoms with Crippen molar-refractivity contribution in [3.63, 3.8) is 0 Å². The van der Waals surface area contributed by atoms with Crippen LogP contribution in [0.4, 0.5) is 4.39 Å². The summed E-state index contributed by atoms with van der Waals surface area (Å²) in [6, 6.07) is 4.13. The quantitative estimate of drug-likeness (QED) is 0.451. The van der Waals surface area contributed by atoms with Crippen LogP contribution in [0.25, 0.3) is 0 Å². The Morgan fingerprint density at radius 2 is 2.00 bits per heavy atom. The van der Waals surface area contributed by atoms with Gasteiger partial charge in [0.05, 0.1) is 6.61 Å². The molecule has 0 amide bonds. The summed E-state index contributed by atoms with van der Waals surface area (Å²) in [4.78, 5) is 24.1. The Morgan fingerprint density at radius 1 is 1.32 bits per heavy atom. The molecule has 0 spiro atoms. The molecule has 3 nitrogen and oxygen atoms in total. The first kappa shape index (κ1) is 15.3. The number of benzene rings is 1. The molecule has 4 heteroatoms. The van der Waals surface area contributed by atoms with Gasteiger partial charge < -0.3 is 4.74 Å². The van der Waals surface area contributed by atoms with Crippen LogP contribution in [0.3, 0.4) is 0 Å². The van der Waals surface area contributed by atoms with E-state index in [1.54, 1.807) is 13.8 Å². The lowest BCUT2D eigenvalue weighted by atomic mass is 9.93. The molecule has 104 valence electrons. The Balaban J connectivity index is 2.98. The summed E-state index contributed by atoms with van der Waals surface area (Å²) in [7, 11) is 0. The van der Waals surface area contributed by atoms with Crippen molar-refractivity contribution in [2.45, 2.75) is 33.6 Å². The zero-order valence-electron chi connectivity index (χ0n) is 11.5. The maximum Gasteiger partial charge on any atom is 0.316 e. The number of carbonyl (C=O) groups excluding carboxylic acids is 2. The first-order valence-electron chi connectivity index (χ1n) is 6.48. The van der Waals surface area contributed by atoms with Crippen LogP contribution in [0.1, 0.15) is 42.6 Å². The van der Waals surface area contributed by atoms with E-state index in [0.29, 0.717) is 24.0 Å². The third-order valence-electron chi connectivity index (χ3n) is 2.91. The van der Waals surface area contributed by atoms with Gasteiger partial charge in [0.2, 0.25) is 0 Å². The second-order valence-electron chi connectivity index (χ2n) is 4.42. The van der Waals surface area contributed by atoms with E-state index in [1.165, 1.54) is 18.2 Å². The number of aryl methyl sites for hydroxylation is 1. The van der Waals surface area contributed by atoms with Gasteiger partial charge in [0.15, 0.2) is 5.78 Å². The number of Topliss-reactive ketones (excluding diaryl/α,β-unsaturated/α-hetero) is 1. The fourth-order valence-corrected chi connectivity index (χ4v) is 1.89. The number of carbonyl (C=O) groups is 2. The number of esters is 1. The van der Waals surface area contributed by atoms with Gasteiger partial charge in [0.25, 0.3) is 0 Å². The minimum Gasteiger partial charge on any atom is -0.465 e. The predicted octanol–water partition coefficient (Wildman–Crippen LogP) is 3.30. The molecule has 0 aliphatic heterocycles. The number of halogens is 1. The van der Waals surface area contributed by atoms with E-state index in [-0.39, 0.29) is 18.2 Å². The highest BCUT2D eigenvalue weighted by Gasteiger charge is 2.28. The largest absolute Gasteiger partial charge is 0.465 e. The van der Waals surface area contributed by atoms with E-state index in [4.69, 9.17) is 4.74 Å². The second kappa shape index (κ2) is 7.02. The molecule has 0 bridgehead atoms. The van der Waals surface area contributed by atoms with Gasteiger partial charge in [0.1, 0.15) is 11.7 Å². The van der Waals surface area contributed by atoms with Gasteiger partial charge >= 0.3 is 5.97 Å². The van der Waals surface area contributed by atoms with Gasteiger partial charge in [-0.3, -0.25) is 9.59 Å². The topological polar surface area (TPSA) is 43.4 Å². The normalized spacial score (nSPS) is 12.0. The lowest BCUT2D eigenvalue weighted by Gasteiger charge is -2.14. The molecular weight excluding hydrogens is 247 g/mol. The van der Waals surface area contributed by atoms with Crippen molar-refractivity contribution >= 4 is 11.8 Å². The number of hydrogen-bond acceptors (Lipinski definition) is 3. The van der Waals surface area contributed by atoms with E-state index >= 15 is 0 Å². The average molecular weight is 266 g/mol. The van der Waals surface area contributed by atoms with Crippen molar-refractivity contribution in [3.05, 3.63) is 35.1 Å². The second-order valence-corrected chi connectivity index (χ2v) is 4.42. The Labute approximate surface area is 112 Å². The summed E-state index contributed by atoms with van der Waals surface area (Å²) in [5, 5.41) is 0. The van der Waals surface area contributed by atoms with E-state index in [9.17, 15) is 14.0 Å². The van der Waals surface area contributed by atoms with Crippen LogP contribution in [-0.2, 0) is 9.53 Å². The van der Waals surface area contributed by atoms with Crippen LogP contribution in [-0.4, -0.2) is 18.4 Å². The average Bonchev–Trinajstić information content (AvgIpc) is 2.38. The smallest absolute Gasteiger partial charge is 0.316 e. The Kier molecular flexibility index (Phi) is 5.67. The molecule has 0 aromatic heterocycles. The molecule has 1 aromatic rings. The number of ether oxygens (including phenoxy) is 1. The van der Waals surface area contributed by atoms with Crippen molar-refractivity contribution in [1.82, 2.24) is 0 Å². The molecule has 1 atom stereocenters. The monoisotopic (exact) mass is 266 g/mol. The molecule has 0 saturated heterocycles. The van der Waals surface area contributed by atoms with Crippen LogP contribution in [0.15, 0.2) is 18.2 Å². The molecule has 0 N–H and O–H groups in total. The van der Waals surface area contributed by atoms with Crippen LogP contribution in [0, 0.1) is 18.7 Å². The number of hydrogen-bond donors (Lipinski definition) is 0. The fourth-order valence-electron chi connectivity index (χ4n) is 1.89. The zero-order valence-corrected chi connectivity index (χ0v) is 11.5. The minimum absolute atomic E-state index is 0.245. The van der Waals surface area contributed by atoms with E-state index in [1.807, 2.05) is 6.92 Å². The van der Waals surface area contributed by atoms with Crippen LogP contribution < -0.4 is 0 Å². The van der Waals surface area contributed by atoms with Crippen molar-refractivity contribution in [2.24, 2.45) is 5.92 Å². The maximum atomic E-state index is 13.2. The van der Waals surface area contributed by atoms with Crippen LogP contribution >= 0.6 is 0 Å². The third-order valence-corrected chi connectivity index (χ3v) is 2.91. The van der Waals surface area contributed by atoms with Gasteiger partial charge in [-0.1, -0.05) is 13.3 Å². The van der Waals surface area contributed by atoms with E-state index in [0.717, 1.165) is 0 Å². The lowest BCUT2D eigenvalue weighted by molar-refractivity contribution is -0.146. The fraction of sp³-hybridized carbons (Fsp3) is 0.467. The van der Waals surface area contributed by atoms with Gasteiger partial charge in [0, 0.05) is 5.56 Å². The molecule has 0 aliphatic rings. The molecule has 0 fully saturated rings. The highest BCUT2D eigenvalue weighted by atomic mass is 19.1. The first-order chi connectivity index (χ1) is 9.01. The summed E-state index contributed by atoms with van der Waals surface area (Å²) in [6.45, 7) is 5.43.